The highest BCUT2D eigenvalue weighted by molar-refractivity contribution is 5.93. The van der Waals surface area contributed by atoms with Gasteiger partial charge in [-0.1, -0.05) is 69.3 Å². The molecule has 2 bridgehead atoms. The number of carbonyl (C=O) groups is 3. The lowest BCUT2D eigenvalue weighted by Gasteiger charge is -2.43. The largest absolute Gasteiger partial charge is 0.479 e. The van der Waals surface area contributed by atoms with Gasteiger partial charge in [-0.2, -0.15) is 0 Å². The Kier molecular flexibility index (Phi) is 5.61. The van der Waals surface area contributed by atoms with Crippen molar-refractivity contribution < 1.29 is 24.2 Å². The molecule has 0 spiro atoms. The van der Waals surface area contributed by atoms with Crippen LogP contribution in [0.3, 0.4) is 0 Å². The summed E-state index contributed by atoms with van der Waals surface area (Å²) >= 11 is 0. The number of carbonyl (C=O) groups excluding carboxylic acids is 2. The molecule has 184 valence electrons. The van der Waals surface area contributed by atoms with E-state index in [1.807, 2.05) is 45.0 Å². The molecule has 2 aromatic carbocycles. The average Bonchev–Trinajstić information content (AvgIpc) is 3.40. The van der Waals surface area contributed by atoms with Gasteiger partial charge in [0.1, 0.15) is 18.2 Å². The van der Waals surface area contributed by atoms with E-state index in [-0.39, 0.29) is 29.8 Å². The third-order valence-corrected chi connectivity index (χ3v) is 7.80. The molecule has 6 rings (SSSR count). The second-order valence-corrected chi connectivity index (χ2v) is 11.1. The third kappa shape index (κ3) is 3.87. The number of carboxylic acid groups (broad SMARTS) is 1. The fraction of sp³-hybridized carbons (Fsp3) is 0.464. The molecule has 2 aromatic rings. The Balaban J connectivity index is 1.29. The van der Waals surface area contributed by atoms with Crippen LogP contribution in [0.25, 0.3) is 11.1 Å². The van der Waals surface area contributed by atoms with Crippen molar-refractivity contribution in [2.24, 2.45) is 11.3 Å². The number of benzene rings is 2. The van der Waals surface area contributed by atoms with Crippen molar-refractivity contribution in [2.75, 3.05) is 13.2 Å². The minimum Gasteiger partial charge on any atom is -0.479 e. The van der Waals surface area contributed by atoms with Gasteiger partial charge in [0.25, 0.3) is 0 Å². The minimum atomic E-state index is -1.15. The van der Waals surface area contributed by atoms with Crippen LogP contribution in [0.4, 0.5) is 4.79 Å². The van der Waals surface area contributed by atoms with Gasteiger partial charge >= 0.3 is 12.1 Å². The number of hydrogen-bond donors (Lipinski definition) is 2. The topological polar surface area (TPSA) is 95.9 Å². The van der Waals surface area contributed by atoms with Gasteiger partial charge in [0.2, 0.25) is 5.91 Å². The van der Waals surface area contributed by atoms with E-state index in [1.165, 1.54) is 4.90 Å². The van der Waals surface area contributed by atoms with Gasteiger partial charge < -0.3 is 20.1 Å². The van der Waals surface area contributed by atoms with E-state index in [1.54, 1.807) is 0 Å². The molecule has 1 unspecified atom stereocenters. The molecular weight excluding hydrogens is 444 g/mol. The molecule has 7 nitrogen and oxygen atoms in total. The first-order valence-corrected chi connectivity index (χ1v) is 12.3. The maximum atomic E-state index is 13.5. The van der Waals surface area contributed by atoms with Gasteiger partial charge in [0, 0.05) is 12.5 Å². The predicted octanol–water partition coefficient (Wildman–Crippen LogP) is 4.41. The van der Waals surface area contributed by atoms with E-state index in [2.05, 4.69) is 29.6 Å². The van der Waals surface area contributed by atoms with Gasteiger partial charge in [-0.05, 0) is 52.8 Å². The summed E-state index contributed by atoms with van der Waals surface area (Å²) < 4.78 is 5.66. The number of alkyl carbamates (subject to hydrolysis) is 1. The summed E-state index contributed by atoms with van der Waals surface area (Å²) in [7, 11) is 0. The van der Waals surface area contributed by atoms with Crippen LogP contribution in [-0.4, -0.2) is 52.7 Å². The van der Waals surface area contributed by atoms with Gasteiger partial charge in [-0.15, -0.1) is 0 Å². The fourth-order valence-electron chi connectivity index (χ4n) is 6.41. The lowest BCUT2D eigenvalue weighted by Crippen LogP contribution is -2.59. The quantitative estimate of drug-likeness (QED) is 0.617. The maximum Gasteiger partial charge on any atom is 0.407 e. The first-order valence-electron chi connectivity index (χ1n) is 12.3. The summed E-state index contributed by atoms with van der Waals surface area (Å²) in [6.45, 7) is 6.51. The monoisotopic (exact) mass is 476 g/mol. The van der Waals surface area contributed by atoms with Gasteiger partial charge in [-0.3, -0.25) is 4.79 Å². The zero-order valence-corrected chi connectivity index (χ0v) is 20.4. The Labute approximate surface area is 205 Å². The highest BCUT2D eigenvalue weighted by Gasteiger charge is 2.69. The van der Waals surface area contributed by atoms with E-state index in [0.29, 0.717) is 25.8 Å². The second-order valence-electron chi connectivity index (χ2n) is 11.1. The van der Waals surface area contributed by atoms with E-state index in [4.69, 9.17) is 4.74 Å². The van der Waals surface area contributed by atoms with Crippen molar-refractivity contribution in [2.45, 2.75) is 57.5 Å². The van der Waals surface area contributed by atoms with Crippen LogP contribution >= 0.6 is 0 Å². The highest BCUT2D eigenvalue weighted by Crippen LogP contribution is 2.59. The molecule has 2 heterocycles. The van der Waals surface area contributed by atoms with Crippen LogP contribution in [0, 0.1) is 11.3 Å². The molecule has 2 aliphatic heterocycles. The molecule has 1 saturated carbocycles. The van der Waals surface area contributed by atoms with Gasteiger partial charge in [-0.25, -0.2) is 9.59 Å². The van der Waals surface area contributed by atoms with Crippen LogP contribution in [0.1, 0.15) is 57.1 Å². The van der Waals surface area contributed by atoms with Crippen molar-refractivity contribution in [3.8, 4) is 11.1 Å². The Morgan fingerprint density at radius 3 is 2.17 bits per heavy atom. The number of hydrogen-bond acceptors (Lipinski definition) is 4. The number of amides is 2. The summed E-state index contributed by atoms with van der Waals surface area (Å²) in [4.78, 5) is 39.9. The molecule has 2 aliphatic carbocycles. The van der Waals surface area contributed by atoms with Crippen LogP contribution in [0.2, 0.25) is 0 Å². The number of rotatable bonds is 7. The number of ether oxygens (including phenoxy) is 1. The van der Waals surface area contributed by atoms with E-state index in [9.17, 15) is 19.5 Å². The van der Waals surface area contributed by atoms with Crippen molar-refractivity contribution in [1.82, 2.24) is 10.2 Å². The summed E-state index contributed by atoms with van der Waals surface area (Å²) in [5, 5.41) is 12.6. The fourth-order valence-corrected chi connectivity index (χ4v) is 6.41. The lowest BCUT2D eigenvalue weighted by atomic mass is 9.63. The Morgan fingerprint density at radius 1 is 1.06 bits per heavy atom. The molecule has 2 amide bonds. The first-order chi connectivity index (χ1) is 16.6. The number of carboxylic acids is 1. The number of fused-ring (bicyclic) bond motifs is 4. The van der Waals surface area contributed by atoms with Crippen LogP contribution in [-0.2, 0) is 14.3 Å². The second kappa shape index (κ2) is 8.40. The molecule has 0 aromatic heterocycles. The molecule has 2 saturated heterocycles. The van der Waals surface area contributed by atoms with E-state index in [0.717, 1.165) is 22.3 Å². The number of aliphatic carboxylic acids is 1. The van der Waals surface area contributed by atoms with E-state index < -0.39 is 23.6 Å². The number of nitrogens with zero attached hydrogens (tertiary/aromatic N) is 1. The molecule has 3 fully saturated rings. The lowest BCUT2D eigenvalue weighted by molar-refractivity contribution is -0.160. The van der Waals surface area contributed by atoms with Crippen LogP contribution in [0.15, 0.2) is 48.5 Å². The minimum absolute atomic E-state index is 0.0755. The molecular formula is C28H32N2O5. The average molecular weight is 477 g/mol. The Hall–Kier alpha value is -3.35. The smallest absolute Gasteiger partial charge is 0.407 e. The van der Waals surface area contributed by atoms with Crippen LogP contribution in [0.5, 0.6) is 0 Å². The van der Waals surface area contributed by atoms with Gasteiger partial charge in [0.05, 0.1) is 0 Å². The third-order valence-electron chi connectivity index (χ3n) is 7.80. The van der Waals surface area contributed by atoms with E-state index >= 15 is 0 Å². The predicted molar refractivity (Wildman–Crippen MR) is 131 cm³/mol. The summed E-state index contributed by atoms with van der Waals surface area (Å²) in [6.07, 6.45) is 0.667. The van der Waals surface area contributed by atoms with Crippen molar-refractivity contribution >= 4 is 18.0 Å². The number of nitrogens with one attached hydrogen (secondary N) is 1. The Morgan fingerprint density at radius 2 is 1.63 bits per heavy atom. The molecule has 7 heteroatoms. The SMILES string of the molecule is CC(C)CC(NC(=O)OCC1c2ccccc2-c2ccccc21)C(=O)N1CC2(C)CC1(C(=O)O)C2. The van der Waals surface area contributed by atoms with Crippen molar-refractivity contribution in [3.63, 3.8) is 0 Å². The van der Waals surface area contributed by atoms with Crippen LogP contribution < -0.4 is 5.32 Å². The normalized spacial score (nSPS) is 25.0. The highest BCUT2D eigenvalue weighted by atomic mass is 16.5. The zero-order valence-electron chi connectivity index (χ0n) is 20.4. The standard InChI is InChI=1S/C28H32N2O5/c1-17(2)12-23(24(31)30-16-27(3)14-28(30,15-27)25(32)33)29-26(34)35-13-22-20-10-6-4-8-18(20)19-9-5-7-11-21(19)22/h4-11,17,22-23H,12-16H2,1-3H3,(H,29,34)(H,32,33). The molecule has 35 heavy (non-hydrogen) atoms. The Bertz CT molecular complexity index is 1140. The maximum absolute atomic E-state index is 13.5. The first kappa shape index (κ1) is 23.4. The summed E-state index contributed by atoms with van der Waals surface area (Å²) in [6, 6.07) is 15.4. The van der Waals surface area contributed by atoms with Gasteiger partial charge in [0.15, 0.2) is 0 Å². The summed E-state index contributed by atoms with van der Waals surface area (Å²) in [5.74, 6) is -1.25. The molecule has 4 aliphatic rings. The van der Waals surface area contributed by atoms with Crippen molar-refractivity contribution in [3.05, 3.63) is 59.7 Å². The van der Waals surface area contributed by atoms with Crippen molar-refractivity contribution in [1.29, 1.82) is 0 Å². The molecule has 1 atom stereocenters. The summed E-state index contributed by atoms with van der Waals surface area (Å²) in [5.41, 5.74) is 3.20. The molecule has 2 N–H and O–H groups in total. The zero-order chi connectivity index (χ0) is 25.0. The molecule has 0 radical (unpaired) electrons.